The van der Waals surface area contributed by atoms with Gasteiger partial charge in [-0.3, -0.25) is 14.2 Å². The molecule has 4 aromatic rings. The van der Waals surface area contributed by atoms with Crippen LogP contribution in [-0.2, 0) is 14.3 Å². The van der Waals surface area contributed by atoms with E-state index in [0.29, 0.717) is 49.5 Å². The summed E-state index contributed by atoms with van der Waals surface area (Å²) in [6.45, 7) is 2.75. The molecule has 4 heterocycles. The zero-order valence-corrected chi connectivity index (χ0v) is 24.8. The highest BCUT2D eigenvalue weighted by Gasteiger charge is 2.58. The fraction of sp³-hybridized carbons (Fsp3) is 0.400. The van der Waals surface area contributed by atoms with Crippen molar-refractivity contribution in [3.05, 3.63) is 59.7 Å². The van der Waals surface area contributed by atoms with E-state index in [1.165, 1.54) is 9.47 Å². The van der Waals surface area contributed by atoms with E-state index in [9.17, 15) is 31.5 Å². The number of morpholine rings is 1. The maximum absolute atomic E-state index is 14.2. The third-order valence-corrected chi connectivity index (χ3v) is 8.56. The van der Waals surface area contributed by atoms with E-state index in [4.69, 9.17) is 4.74 Å². The number of nitrogens with one attached hydrogen (secondary N) is 1. The molecule has 0 bridgehead atoms. The molecule has 7 rings (SSSR count). The first-order chi connectivity index (χ1) is 22.6. The van der Waals surface area contributed by atoms with Crippen molar-refractivity contribution in [2.24, 2.45) is 5.41 Å². The number of imidazole rings is 1. The van der Waals surface area contributed by atoms with Crippen molar-refractivity contribution in [1.29, 1.82) is 0 Å². The highest BCUT2D eigenvalue weighted by molar-refractivity contribution is 6.13. The number of alkyl halides is 2. The molecule has 0 radical (unpaired) electrons. The molecule has 17 heteroatoms. The zero-order valence-electron chi connectivity index (χ0n) is 24.8. The highest BCUT2D eigenvalue weighted by Crippen LogP contribution is 2.48. The minimum absolute atomic E-state index is 0.0266. The molecule has 3 fully saturated rings. The van der Waals surface area contributed by atoms with Gasteiger partial charge in [0.25, 0.3) is 6.43 Å². The van der Waals surface area contributed by atoms with Crippen LogP contribution in [-0.4, -0.2) is 93.7 Å². The second-order valence-electron chi connectivity index (χ2n) is 11.5. The largest absolute Gasteiger partial charge is 0.378 e. The van der Waals surface area contributed by atoms with E-state index in [1.54, 1.807) is 24.3 Å². The predicted molar refractivity (Wildman–Crippen MR) is 158 cm³/mol. The van der Waals surface area contributed by atoms with Gasteiger partial charge < -0.3 is 24.8 Å². The van der Waals surface area contributed by atoms with E-state index in [1.807, 2.05) is 9.80 Å². The zero-order chi connectivity index (χ0) is 32.9. The van der Waals surface area contributed by atoms with Gasteiger partial charge >= 0.3 is 0 Å². The molecule has 2 saturated heterocycles. The summed E-state index contributed by atoms with van der Waals surface area (Å²) in [5, 5.41) is 2.35. The number of amides is 2. The third-order valence-electron chi connectivity index (χ3n) is 8.56. The van der Waals surface area contributed by atoms with Crippen LogP contribution in [0.2, 0.25) is 0 Å². The Balaban J connectivity index is 1.12. The molecular weight excluding hydrogens is 629 g/mol. The van der Waals surface area contributed by atoms with Crippen molar-refractivity contribution in [2.45, 2.75) is 19.3 Å². The smallest absolute Gasteiger partial charge is 0.296 e. The first-order valence-electron chi connectivity index (χ1n) is 15.0. The molecule has 12 nitrogen and oxygen atoms in total. The summed E-state index contributed by atoms with van der Waals surface area (Å²) in [7, 11) is 0. The van der Waals surface area contributed by atoms with Crippen LogP contribution in [0.15, 0.2) is 36.4 Å². The lowest BCUT2D eigenvalue weighted by Gasteiger charge is -2.36. The number of fused-ring (bicyclic) bond motifs is 1. The average molecular weight is 658 g/mol. The Morgan fingerprint density at radius 3 is 2.02 bits per heavy atom. The standard InChI is InChI=1S/C30H28F5N9O3/c31-18-15-17(16-19(32)22(18)33)36-25(45)30(5-6-30)26(46)41-7-9-42(10-8-41)27-38-28(43-11-13-47-14-12-43)40-29(39-27)44-21-4-2-1-3-20(21)37-24(44)23(34)35/h1-4,15-16,23H,5-14H2,(H,36,45). The summed E-state index contributed by atoms with van der Waals surface area (Å²) in [6, 6.07) is 8.00. The van der Waals surface area contributed by atoms with Gasteiger partial charge in [0.2, 0.25) is 29.7 Å². The van der Waals surface area contributed by atoms with Crippen LogP contribution < -0.4 is 15.1 Å². The first-order valence-corrected chi connectivity index (χ1v) is 15.0. The van der Waals surface area contributed by atoms with Crippen molar-refractivity contribution in [3.8, 4) is 5.95 Å². The molecule has 47 heavy (non-hydrogen) atoms. The van der Waals surface area contributed by atoms with Crippen LogP contribution in [0.4, 0.5) is 39.5 Å². The topological polar surface area (TPSA) is 122 Å². The molecule has 0 spiro atoms. The number of ether oxygens (including phenoxy) is 1. The maximum Gasteiger partial charge on any atom is 0.296 e. The summed E-state index contributed by atoms with van der Waals surface area (Å²) in [6.07, 6.45) is -2.42. The minimum atomic E-state index is -2.91. The Hall–Kier alpha value is -4.93. The van der Waals surface area contributed by atoms with Gasteiger partial charge in [0, 0.05) is 57.1 Å². The molecule has 1 aliphatic carbocycles. The van der Waals surface area contributed by atoms with Crippen molar-refractivity contribution in [2.75, 3.05) is 67.6 Å². The van der Waals surface area contributed by atoms with Crippen LogP contribution in [0.1, 0.15) is 25.1 Å². The van der Waals surface area contributed by atoms with E-state index >= 15 is 0 Å². The first kappa shape index (κ1) is 30.7. The van der Waals surface area contributed by atoms with Crippen molar-refractivity contribution >= 4 is 40.4 Å². The van der Waals surface area contributed by atoms with Crippen molar-refractivity contribution in [3.63, 3.8) is 0 Å². The molecule has 0 unspecified atom stereocenters. The molecular formula is C30H28F5N9O3. The number of hydrogen-bond donors (Lipinski definition) is 1. The molecule has 3 aliphatic rings. The number of rotatable bonds is 7. The van der Waals surface area contributed by atoms with Gasteiger partial charge in [0.1, 0.15) is 5.41 Å². The predicted octanol–water partition coefficient (Wildman–Crippen LogP) is 3.47. The summed E-state index contributed by atoms with van der Waals surface area (Å²) in [4.78, 5) is 49.8. The Labute approximate surface area is 264 Å². The summed E-state index contributed by atoms with van der Waals surface area (Å²) < 4.78 is 75.8. The van der Waals surface area contributed by atoms with Crippen LogP contribution in [0.25, 0.3) is 17.0 Å². The second-order valence-corrected chi connectivity index (χ2v) is 11.5. The van der Waals surface area contributed by atoms with E-state index in [0.717, 1.165) is 0 Å². The second kappa shape index (κ2) is 12.0. The third kappa shape index (κ3) is 5.68. The molecule has 2 aliphatic heterocycles. The number of carbonyl (C=O) groups excluding carboxylic acids is 2. The summed E-state index contributed by atoms with van der Waals surface area (Å²) >= 11 is 0. The molecule has 1 N–H and O–H groups in total. The van der Waals surface area contributed by atoms with Gasteiger partial charge in [-0.2, -0.15) is 15.0 Å². The Morgan fingerprint density at radius 2 is 1.40 bits per heavy atom. The monoisotopic (exact) mass is 657 g/mol. The molecule has 2 aromatic carbocycles. The van der Waals surface area contributed by atoms with Gasteiger partial charge in [-0.1, -0.05) is 12.1 Å². The van der Waals surface area contributed by atoms with Gasteiger partial charge in [0.15, 0.2) is 23.3 Å². The SMILES string of the molecule is O=C(Nc1cc(F)c(F)c(F)c1)C1(C(=O)N2CCN(c3nc(N4CCOCC4)nc(-n4c(C(F)F)nc5ccccc54)n3)CC2)CC1. The van der Waals surface area contributed by atoms with Crippen LogP contribution in [0.3, 0.4) is 0 Å². The molecule has 246 valence electrons. The van der Waals surface area contributed by atoms with Crippen LogP contribution >= 0.6 is 0 Å². The Morgan fingerprint density at radius 1 is 0.809 bits per heavy atom. The highest BCUT2D eigenvalue weighted by atomic mass is 19.3. The number of aromatic nitrogens is 5. The Bertz CT molecular complexity index is 1830. The lowest BCUT2D eigenvalue weighted by molar-refractivity contribution is -0.142. The van der Waals surface area contributed by atoms with Gasteiger partial charge in [-0.25, -0.2) is 26.9 Å². The number of anilines is 3. The van der Waals surface area contributed by atoms with Crippen molar-refractivity contribution in [1.82, 2.24) is 29.4 Å². The van der Waals surface area contributed by atoms with Crippen LogP contribution in [0.5, 0.6) is 0 Å². The molecule has 2 amide bonds. The van der Waals surface area contributed by atoms with Crippen molar-refractivity contribution < 1.29 is 36.3 Å². The molecule has 2 aromatic heterocycles. The lowest BCUT2D eigenvalue weighted by atomic mass is 10.0. The molecule has 0 atom stereocenters. The number of piperazine rings is 1. The van der Waals surface area contributed by atoms with Gasteiger partial charge in [-0.05, 0) is 25.0 Å². The van der Waals surface area contributed by atoms with E-state index < -0.39 is 46.9 Å². The minimum Gasteiger partial charge on any atom is -0.378 e. The van der Waals surface area contributed by atoms with E-state index in [2.05, 4.69) is 25.3 Å². The molecule has 1 saturated carbocycles. The van der Waals surface area contributed by atoms with Gasteiger partial charge in [-0.15, -0.1) is 0 Å². The normalized spacial score (nSPS) is 17.8. The number of halogens is 5. The number of hydrogen-bond acceptors (Lipinski definition) is 9. The van der Waals surface area contributed by atoms with Crippen LogP contribution in [0, 0.1) is 22.9 Å². The average Bonchev–Trinajstić information content (AvgIpc) is 3.81. The summed E-state index contributed by atoms with van der Waals surface area (Å²) in [5.74, 6) is -5.77. The quantitative estimate of drug-likeness (QED) is 0.181. The number of carbonyl (C=O) groups is 2. The van der Waals surface area contributed by atoms with Gasteiger partial charge in [0.05, 0.1) is 24.2 Å². The van der Waals surface area contributed by atoms with E-state index in [-0.39, 0.29) is 62.6 Å². The number of nitrogens with zero attached hydrogens (tertiary/aromatic N) is 8. The fourth-order valence-electron chi connectivity index (χ4n) is 5.84. The fourth-order valence-corrected chi connectivity index (χ4v) is 5.84. The summed E-state index contributed by atoms with van der Waals surface area (Å²) in [5.41, 5.74) is -0.931. The number of benzene rings is 2. The number of para-hydroxylation sites is 2. The lowest BCUT2D eigenvalue weighted by Crippen LogP contribution is -2.53. The Kier molecular flexibility index (Phi) is 7.85. The maximum atomic E-state index is 14.2.